The highest BCUT2D eigenvalue weighted by Crippen LogP contribution is 2.43. The van der Waals surface area contributed by atoms with Gasteiger partial charge in [0.25, 0.3) is 0 Å². The standard InChI is InChI=1S/C31H18FNO2S/c32-20-14-12-18(13-15-20)19-16-25(23-9-5-8-22-21-6-2-4-11-27(21)35-30(22)23)29-28(17-19)36-31(33-29)24-7-1-3-10-26(24)34/h1-17,34H. The van der Waals surface area contributed by atoms with Gasteiger partial charge in [-0.05, 0) is 53.6 Å². The van der Waals surface area contributed by atoms with Crippen LogP contribution in [0.3, 0.4) is 0 Å². The van der Waals surface area contributed by atoms with Crippen molar-refractivity contribution in [3.8, 4) is 38.6 Å². The van der Waals surface area contributed by atoms with E-state index in [1.165, 1.54) is 23.5 Å². The summed E-state index contributed by atoms with van der Waals surface area (Å²) in [6.45, 7) is 0. The molecule has 0 aliphatic heterocycles. The number of hydrogen-bond donors (Lipinski definition) is 1. The summed E-state index contributed by atoms with van der Waals surface area (Å²) in [7, 11) is 0. The second-order valence-electron chi connectivity index (χ2n) is 8.69. The number of fused-ring (bicyclic) bond motifs is 4. The van der Waals surface area contributed by atoms with E-state index in [1.54, 1.807) is 24.3 Å². The molecule has 36 heavy (non-hydrogen) atoms. The molecule has 0 bridgehead atoms. The molecule has 5 aromatic carbocycles. The molecule has 5 heteroatoms. The summed E-state index contributed by atoms with van der Waals surface area (Å²) in [6, 6.07) is 32.1. The first-order valence-corrected chi connectivity index (χ1v) is 12.4. The van der Waals surface area contributed by atoms with Crippen molar-refractivity contribution in [3.63, 3.8) is 0 Å². The number of para-hydroxylation sites is 3. The molecule has 0 atom stereocenters. The minimum atomic E-state index is -0.272. The summed E-state index contributed by atoms with van der Waals surface area (Å²) < 4.78 is 21.0. The summed E-state index contributed by atoms with van der Waals surface area (Å²) >= 11 is 1.52. The summed E-state index contributed by atoms with van der Waals surface area (Å²) in [4.78, 5) is 4.99. The van der Waals surface area contributed by atoms with Crippen LogP contribution >= 0.6 is 11.3 Å². The Labute approximate surface area is 209 Å². The van der Waals surface area contributed by atoms with Crippen LogP contribution in [0.15, 0.2) is 108 Å². The number of nitrogens with zero attached hydrogens (tertiary/aromatic N) is 1. The van der Waals surface area contributed by atoms with E-state index in [0.29, 0.717) is 5.56 Å². The zero-order valence-corrected chi connectivity index (χ0v) is 19.7. The topological polar surface area (TPSA) is 46.3 Å². The van der Waals surface area contributed by atoms with Gasteiger partial charge in [0.2, 0.25) is 0 Å². The summed E-state index contributed by atoms with van der Waals surface area (Å²) in [5.74, 6) is -0.0806. The molecule has 172 valence electrons. The minimum absolute atomic E-state index is 0.191. The van der Waals surface area contributed by atoms with E-state index < -0.39 is 0 Å². The van der Waals surface area contributed by atoms with Crippen LogP contribution in [-0.4, -0.2) is 10.1 Å². The van der Waals surface area contributed by atoms with Gasteiger partial charge >= 0.3 is 0 Å². The first-order valence-electron chi connectivity index (χ1n) is 11.6. The van der Waals surface area contributed by atoms with Gasteiger partial charge in [-0.2, -0.15) is 0 Å². The highest BCUT2D eigenvalue weighted by atomic mass is 32.1. The second kappa shape index (κ2) is 8.04. The van der Waals surface area contributed by atoms with Crippen molar-refractivity contribution in [2.45, 2.75) is 0 Å². The molecule has 0 unspecified atom stereocenters. The largest absolute Gasteiger partial charge is 0.507 e. The monoisotopic (exact) mass is 487 g/mol. The number of hydrogen-bond acceptors (Lipinski definition) is 4. The van der Waals surface area contributed by atoms with Crippen molar-refractivity contribution < 1.29 is 13.9 Å². The average Bonchev–Trinajstić information content (AvgIpc) is 3.50. The molecule has 0 radical (unpaired) electrons. The van der Waals surface area contributed by atoms with Crippen LogP contribution in [0.25, 0.3) is 65.0 Å². The Morgan fingerprint density at radius 2 is 1.44 bits per heavy atom. The fourth-order valence-corrected chi connectivity index (χ4v) is 5.84. The summed E-state index contributed by atoms with van der Waals surface area (Å²) in [5.41, 5.74) is 6.88. The smallest absolute Gasteiger partial charge is 0.143 e. The Balaban J connectivity index is 1.55. The number of phenolic OH excluding ortho intramolecular Hbond substituents is 1. The third-order valence-electron chi connectivity index (χ3n) is 6.50. The molecule has 0 fully saturated rings. The zero-order valence-electron chi connectivity index (χ0n) is 18.9. The summed E-state index contributed by atoms with van der Waals surface area (Å²) in [5, 5.41) is 13.3. The number of halogens is 1. The maximum atomic E-state index is 13.7. The first kappa shape index (κ1) is 20.9. The second-order valence-corrected chi connectivity index (χ2v) is 9.72. The molecule has 7 rings (SSSR count). The molecule has 7 aromatic rings. The van der Waals surface area contributed by atoms with Gasteiger partial charge in [-0.1, -0.05) is 60.7 Å². The van der Waals surface area contributed by atoms with E-state index in [2.05, 4.69) is 24.3 Å². The number of phenols is 1. The van der Waals surface area contributed by atoms with Gasteiger partial charge in [-0.15, -0.1) is 11.3 Å². The van der Waals surface area contributed by atoms with E-state index in [1.807, 2.05) is 42.5 Å². The predicted molar refractivity (Wildman–Crippen MR) is 145 cm³/mol. The quantitative estimate of drug-likeness (QED) is 0.270. The number of thiazole rings is 1. The fraction of sp³-hybridized carbons (Fsp3) is 0. The molecular formula is C31H18FNO2S. The molecule has 2 aromatic heterocycles. The maximum Gasteiger partial charge on any atom is 0.143 e. The van der Waals surface area contributed by atoms with Crippen molar-refractivity contribution >= 4 is 43.5 Å². The maximum absolute atomic E-state index is 13.7. The van der Waals surface area contributed by atoms with Crippen LogP contribution in [0.4, 0.5) is 4.39 Å². The lowest BCUT2D eigenvalue weighted by Gasteiger charge is -2.09. The molecule has 2 heterocycles. The first-order chi connectivity index (χ1) is 17.7. The van der Waals surface area contributed by atoms with Crippen LogP contribution < -0.4 is 0 Å². The molecule has 0 spiro atoms. The SMILES string of the molecule is Oc1ccccc1-c1nc2c(-c3cccc4c3oc3ccccc34)cc(-c3ccc(F)cc3)cc2s1. The molecule has 3 nitrogen and oxygen atoms in total. The summed E-state index contributed by atoms with van der Waals surface area (Å²) in [6.07, 6.45) is 0. The van der Waals surface area contributed by atoms with Gasteiger partial charge in [0.05, 0.1) is 15.8 Å². The zero-order chi connectivity index (χ0) is 24.2. The van der Waals surface area contributed by atoms with Crippen molar-refractivity contribution in [1.29, 1.82) is 0 Å². The lowest BCUT2D eigenvalue weighted by Crippen LogP contribution is -1.86. The molecule has 0 aliphatic carbocycles. The molecule has 1 N–H and O–H groups in total. The van der Waals surface area contributed by atoms with E-state index in [9.17, 15) is 9.50 Å². The van der Waals surface area contributed by atoms with Crippen molar-refractivity contribution in [3.05, 3.63) is 109 Å². The Bertz CT molecular complexity index is 1920. The van der Waals surface area contributed by atoms with Crippen LogP contribution in [0, 0.1) is 5.82 Å². The number of aromatic hydroxyl groups is 1. The molecular weight excluding hydrogens is 469 g/mol. The van der Waals surface area contributed by atoms with Crippen molar-refractivity contribution in [2.24, 2.45) is 0 Å². The Hall–Kier alpha value is -4.48. The van der Waals surface area contributed by atoms with E-state index in [0.717, 1.165) is 59.4 Å². The number of aromatic nitrogens is 1. The number of rotatable bonds is 3. The molecule has 0 saturated heterocycles. The predicted octanol–water partition coefficient (Wildman–Crippen LogP) is 9.04. The normalized spacial score (nSPS) is 11.6. The van der Waals surface area contributed by atoms with Crippen molar-refractivity contribution in [2.75, 3.05) is 0 Å². The van der Waals surface area contributed by atoms with E-state index >= 15 is 0 Å². The van der Waals surface area contributed by atoms with Gasteiger partial charge in [0, 0.05) is 21.9 Å². The Kier molecular flexibility index (Phi) is 4.66. The third kappa shape index (κ3) is 3.28. The third-order valence-corrected chi connectivity index (χ3v) is 7.54. The fourth-order valence-electron chi connectivity index (χ4n) is 4.77. The van der Waals surface area contributed by atoms with Gasteiger partial charge < -0.3 is 9.52 Å². The van der Waals surface area contributed by atoms with Crippen LogP contribution in [0.2, 0.25) is 0 Å². The van der Waals surface area contributed by atoms with E-state index in [4.69, 9.17) is 9.40 Å². The highest BCUT2D eigenvalue weighted by molar-refractivity contribution is 7.21. The lowest BCUT2D eigenvalue weighted by atomic mass is 9.96. The van der Waals surface area contributed by atoms with Gasteiger partial charge in [0.1, 0.15) is 27.7 Å². The Morgan fingerprint density at radius 3 is 2.31 bits per heavy atom. The van der Waals surface area contributed by atoms with Gasteiger partial charge in [-0.3, -0.25) is 0 Å². The molecule has 0 amide bonds. The van der Waals surface area contributed by atoms with Crippen LogP contribution in [-0.2, 0) is 0 Å². The van der Waals surface area contributed by atoms with Gasteiger partial charge in [-0.25, -0.2) is 9.37 Å². The lowest BCUT2D eigenvalue weighted by molar-refractivity contribution is 0.477. The average molecular weight is 488 g/mol. The molecule has 0 saturated carbocycles. The highest BCUT2D eigenvalue weighted by Gasteiger charge is 2.19. The van der Waals surface area contributed by atoms with E-state index in [-0.39, 0.29) is 11.6 Å². The minimum Gasteiger partial charge on any atom is -0.507 e. The Morgan fingerprint density at radius 1 is 0.694 bits per heavy atom. The number of furan rings is 1. The van der Waals surface area contributed by atoms with Crippen molar-refractivity contribution in [1.82, 2.24) is 4.98 Å². The van der Waals surface area contributed by atoms with Crippen LogP contribution in [0.1, 0.15) is 0 Å². The van der Waals surface area contributed by atoms with Crippen LogP contribution in [0.5, 0.6) is 5.75 Å². The van der Waals surface area contributed by atoms with Gasteiger partial charge in [0.15, 0.2) is 0 Å². The molecule has 0 aliphatic rings. The number of benzene rings is 5.